The number of urea groups is 1. The fourth-order valence-corrected chi connectivity index (χ4v) is 4.17. The van der Waals surface area contributed by atoms with Crippen molar-refractivity contribution in [2.45, 2.75) is 53.2 Å². The number of nitrogens with one attached hydrogen (secondary N) is 2. The predicted octanol–water partition coefficient (Wildman–Crippen LogP) is 5.75. The summed E-state index contributed by atoms with van der Waals surface area (Å²) in [6.45, 7) is 11.1. The number of carboxylic acid groups (broad SMARTS) is 1. The molecule has 0 saturated carbocycles. The Morgan fingerprint density at radius 2 is 1.51 bits per heavy atom. The van der Waals surface area contributed by atoms with Crippen LogP contribution in [0.2, 0.25) is 0 Å². The molecule has 8 nitrogen and oxygen atoms in total. The van der Waals surface area contributed by atoms with Gasteiger partial charge >= 0.3 is 12.0 Å². The summed E-state index contributed by atoms with van der Waals surface area (Å²) in [6, 6.07) is 13.1. The van der Waals surface area contributed by atoms with Crippen LogP contribution in [0.1, 0.15) is 47.8 Å². The summed E-state index contributed by atoms with van der Waals surface area (Å²) in [4.78, 5) is 39.8. The number of hydrogen-bond donors (Lipinski definition) is 3. The van der Waals surface area contributed by atoms with Gasteiger partial charge in [-0.1, -0.05) is 42.0 Å². The smallest absolute Gasteiger partial charge is 0.328 e. The summed E-state index contributed by atoms with van der Waals surface area (Å²) in [5.74, 6) is -1.73. The Labute approximate surface area is 217 Å². The number of likely N-dealkylation sites (N-methyl/N-ethyl adjacent to an activating group) is 1. The topological polar surface area (TPSA) is 108 Å². The minimum atomic E-state index is -1.21. The molecule has 3 aromatic rings. The number of anilines is 2. The summed E-state index contributed by atoms with van der Waals surface area (Å²) in [6.07, 6.45) is 0. The van der Waals surface area contributed by atoms with Crippen LogP contribution in [0.3, 0.4) is 0 Å². The molecule has 1 unspecified atom stereocenters. The summed E-state index contributed by atoms with van der Waals surface area (Å²) in [5.41, 5.74) is 3.51. The first-order valence-corrected chi connectivity index (χ1v) is 12.1. The SMILES string of the molecule is Cc1cc(C)c(NC(=O)Nc2cc3ccccc3cc2C(=O)N(C)C(COC(C)(C)C)C(=O)O)c(C)c1. The zero-order chi connectivity index (χ0) is 27.5. The Kier molecular flexibility index (Phi) is 8.23. The molecular weight excluding hydrogens is 470 g/mol. The summed E-state index contributed by atoms with van der Waals surface area (Å²) >= 11 is 0. The van der Waals surface area contributed by atoms with Crippen LogP contribution >= 0.6 is 0 Å². The maximum Gasteiger partial charge on any atom is 0.328 e. The lowest BCUT2D eigenvalue weighted by Gasteiger charge is -2.29. The standard InChI is InChI=1S/C29H35N3O5/c1-17-12-18(2)25(19(3)13-17)31-28(36)30-23-15-21-11-9-8-10-20(21)14-22(23)26(33)32(7)24(27(34)35)16-37-29(4,5)6/h8-15,24H,16H2,1-7H3,(H,34,35)(H2,30,31,36). The van der Waals surface area contributed by atoms with Gasteiger partial charge < -0.3 is 25.4 Å². The monoisotopic (exact) mass is 505 g/mol. The highest BCUT2D eigenvalue weighted by Crippen LogP contribution is 2.27. The number of hydrogen-bond acceptors (Lipinski definition) is 4. The molecule has 3 N–H and O–H groups in total. The molecule has 1 atom stereocenters. The maximum atomic E-state index is 13.6. The zero-order valence-corrected chi connectivity index (χ0v) is 22.4. The van der Waals surface area contributed by atoms with E-state index in [1.165, 1.54) is 7.05 Å². The van der Waals surface area contributed by atoms with E-state index in [9.17, 15) is 19.5 Å². The highest BCUT2D eigenvalue weighted by Gasteiger charge is 2.31. The molecule has 3 rings (SSSR count). The van der Waals surface area contributed by atoms with Crippen molar-refractivity contribution in [3.63, 3.8) is 0 Å². The molecule has 3 aromatic carbocycles. The largest absolute Gasteiger partial charge is 0.480 e. The molecule has 196 valence electrons. The predicted molar refractivity (Wildman–Crippen MR) is 146 cm³/mol. The van der Waals surface area contributed by atoms with E-state index in [-0.39, 0.29) is 17.9 Å². The van der Waals surface area contributed by atoms with Crippen LogP contribution in [0.25, 0.3) is 10.8 Å². The van der Waals surface area contributed by atoms with E-state index < -0.39 is 29.6 Å². The number of ether oxygens (including phenoxy) is 1. The van der Waals surface area contributed by atoms with Gasteiger partial charge in [0.15, 0.2) is 6.04 Å². The van der Waals surface area contributed by atoms with Gasteiger partial charge in [0.2, 0.25) is 0 Å². The third-order valence-corrected chi connectivity index (χ3v) is 6.03. The van der Waals surface area contributed by atoms with Gasteiger partial charge in [-0.05, 0) is 75.6 Å². The molecule has 0 bridgehead atoms. The summed E-state index contributed by atoms with van der Waals surface area (Å²) in [5, 5.41) is 17.1. The number of rotatable bonds is 7. The average Bonchev–Trinajstić information content (AvgIpc) is 2.79. The summed E-state index contributed by atoms with van der Waals surface area (Å²) in [7, 11) is 1.42. The third kappa shape index (κ3) is 6.86. The number of carbonyl (C=O) groups is 3. The van der Waals surface area contributed by atoms with Gasteiger partial charge in [-0.15, -0.1) is 0 Å². The van der Waals surface area contributed by atoms with Gasteiger partial charge in [-0.2, -0.15) is 0 Å². The number of fused-ring (bicyclic) bond motifs is 1. The van der Waals surface area contributed by atoms with Crippen molar-refractivity contribution < 1.29 is 24.2 Å². The molecule has 0 aromatic heterocycles. The van der Waals surface area contributed by atoms with E-state index in [1.807, 2.05) is 77.9 Å². The second-order valence-corrected chi connectivity index (χ2v) is 10.3. The molecule has 0 saturated heterocycles. The van der Waals surface area contributed by atoms with Gasteiger partial charge in [0.25, 0.3) is 5.91 Å². The first kappa shape index (κ1) is 27.7. The molecule has 0 aliphatic carbocycles. The Morgan fingerprint density at radius 3 is 2.05 bits per heavy atom. The van der Waals surface area contributed by atoms with Crippen LogP contribution in [0.4, 0.5) is 16.2 Å². The molecular formula is C29H35N3O5. The van der Waals surface area contributed by atoms with Gasteiger partial charge in [0.1, 0.15) is 0 Å². The number of aryl methyl sites for hydroxylation is 3. The van der Waals surface area contributed by atoms with Crippen molar-refractivity contribution in [3.05, 3.63) is 70.8 Å². The molecule has 3 amide bonds. The fourth-order valence-electron chi connectivity index (χ4n) is 4.17. The Bertz CT molecular complexity index is 1320. The lowest BCUT2D eigenvalue weighted by Crippen LogP contribution is -2.46. The van der Waals surface area contributed by atoms with E-state index in [2.05, 4.69) is 10.6 Å². The third-order valence-electron chi connectivity index (χ3n) is 6.03. The van der Waals surface area contributed by atoms with Gasteiger partial charge in [0, 0.05) is 12.7 Å². The Hall–Kier alpha value is -3.91. The van der Waals surface area contributed by atoms with E-state index in [0.717, 1.165) is 32.4 Å². The zero-order valence-electron chi connectivity index (χ0n) is 22.4. The molecule has 37 heavy (non-hydrogen) atoms. The number of amides is 3. The van der Waals surface area contributed by atoms with Crippen LogP contribution in [-0.4, -0.2) is 53.2 Å². The highest BCUT2D eigenvalue weighted by molar-refractivity contribution is 6.10. The van der Waals surface area contributed by atoms with E-state index in [0.29, 0.717) is 5.69 Å². The number of aliphatic carboxylic acids is 1. The quantitative estimate of drug-likeness (QED) is 0.379. The molecule has 0 spiro atoms. The molecule has 0 fully saturated rings. The minimum absolute atomic E-state index is 0.177. The second-order valence-electron chi connectivity index (χ2n) is 10.3. The highest BCUT2D eigenvalue weighted by atomic mass is 16.5. The van der Waals surface area contributed by atoms with Crippen LogP contribution in [0.5, 0.6) is 0 Å². The number of carbonyl (C=O) groups excluding carboxylic acids is 2. The first-order valence-electron chi connectivity index (χ1n) is 12.1. The minimum Gasteiger partial charge on any atom is -0.480 e. The average molecular weight is 506 g/mol. The van der Waals surface area contributed by atoms with Gasteiger partial charge in [0.05, 0.1) is 23.5 Å². The van der Waals surface area contributed by atoms with Crippen molar-refractivity contribution in [1.82, 2.24) is 4.90 Å². The van der Waals surface area contributed by atoms with Gasteiger partial charge in [-0.3, -0.25) is 4.79 Å². The Morgan fingerprint density at radius 1 is 0.946 bits per heavy atom. The normalized spacial score (nSPS) is 12.2. The van der Waals surface area contributed by atoms with Crippen LogP contribution in [-0.2, 0) is 9.53 Å². The van der Waals surface area contributed by atoms with Crippen molar-refractivity contribution in [2.75, 3.05) is 24.3 Å². The van der Waals surface area contributed by atoms with Crippen molar-refractivity contribution in [2.24, 2.45) is 0 Å². The van der Waals surface area contributed by atoms with E-state index >= 15 is 0 Å². The van der Waals surface area contributed by atoms with E-state index in [1.54, 1.807) is 12.1 Å². The van der Waals surface area contributed by atoms with Crippen LogP contribution < -0.4 is 10.6 Å². The molecule has 0 heterocycles. The van der Waals surface area contributed by atoms with Crippen molar-refractivity contribution >= 4 is 40.1 Å². The van der Waals surface area contributed by atoms with Crippen molar-refractivity contribution in [1.29, 1.82) is 0 Å². The Balaban J connectivity index is 1.96. The fraction of sp³-hybridized carbons (Fsp3) is 0.345. The molecule has 0 aliphatic rings. The maximum absolute atomic E-state index is 13.6. The number of nitrogens with zero attached hydrogens (tertiary/aromatic N) is 1. The van der Waals surface area contributed by atoms with Crippen LogP contribution in [0, 0.1) is 20.8 Å². The first-order chi connectivity index (χ1) is 17.3. The molecule has 8 heteroatoms. The van der Waals surface area contributed by atoms with Gasteiger partial charge in [-0.25, -0.2) is 9.59 Å². The molecule has 0 aliphatic heterocycles. The number of benzene rings is 3. The van der Waals surface area contributed by atoms with Crippen LogP contribution in [0.15, 0.2) is 48.5 Å². The summed E-state index contributed by atoms with van der Waals surface area (Å²) < 4.78 is 5.67. The van der Waals surface area contributed by atoms with E-state index in [4.69, 9.17) is 4.74 Å². The number of carboxylic acids is 1. The second kappa shape index (κ2) is 11.0. The van der Waals surface area contributed by atoms with Crippen molar-refractivity contribution in [3.8, 4) is 0 Å². The lowest BCUT2D eigenvalue weighted by molar-refractivity contribution is -0.146. The molecule has 0 radical (unpaired) electrons. The lowest BCUT2D eigenvalue weighted by atomic mass is 10.0.